The highest BCUT2D eigenvalue weighted by atomic mass is 19.4. The van der Waals surface area contributed by atoms with E-state index in [1.807, 2.05) is 0 Å². The van der Waals surface area contributed by atoms with Gasteiger partial charge in [0.2, 0.25) is 11.9 Å². The van der Waals surface area contributed by atoms with Gasteiger partial charge in [-0.3, -0.25) is 10.1 Å². The Balaban J connectivity index is 1.95. The van der Waals surface area contributed by atoms with Crippen molar-refractivity contribution in [2.75, 3.05) is 5.32 Å². The van der Waals surface area contributed by atoms with Gasteiger partial charge in [0.25, 0.3) is 0 Å². The van der Waals surface area contributed by atoms with E-state index >= 15 is 0 Å². The minimum absolute atomic E-state index is 0.0118. The molecule has 0 bridgehead atoms. The average molecular weight is 361 g/mol. The molecule has 0 fully saturated rings. The Bertz CT molecular complexity index is 1010. The molecule has 132 valence electrons. The van der Waals surface area contributed by atoms with Crippen LogP contribution in [0.1, 0.15) is 6.42 Å². The van der Waals surface area contributed by atoms with Crippen LogP contribution < -0.4 is 10.1 Å². The van der Waals surface area contributed by atoms with Crippen LogP contribution in [0.25, 0.3) is 16.8 Å². The number of rotatable bonds is 4. The van der Waals surface area contributed by atoms with Crippen LogP contribution in [0.15, 0.2) is 42.6 Å². The highest BCUT2D eigenvalue weighted by Crippen LogP contribution is 2.33. The second-order valence-corrected chi connectivity index (χ2v) is 5.08. The maximum Gasteiger partial charge on any atom is 0.573 e. The first-order valence-electron chi connectivity index (χ1n) is 7.24. The van der Waals surface area contributed by atoms with E-state index in [0.29, 0.717) is 11.2 Å². The molecule has 7 nitrogen and oxygen atoms in total. The quantitative estimate of drug-likeness (QED) is 0.771. The highest BCUT2D eigenvalue weighted by molar-refractivity contribution is 5.90. The maximum atomic E-state index is 12.6. The largest absolute Gasteiger partial charge is 0.573 e. The number of carbonyl (C=O) groups excluding carboxylic acids is 1. The number of hydrogen-bond donors (Lipinski definition) is 1. The van der Waals surface area contributed by atoms with E-state index in [-0.39, 0.29) is 23.7 Å². The zero-order valence-corrected chi connectivity index (χ0v) is 13.0. The van der Waals surface area contributed by atoms with Crippen molar-refractivity contribution in [3.63, 3.8) is 0 Å². The average Bonchev–Trinajstić information content (AvgIpc) is 2.95. The van der Waals surface area contributed by atoms with Gasteiger partial charge in [-0.1, -0.05) is 18.2 Å². The molecule has 10 heteroatoms. The van der Waals surface area contributed by atoms with E-state index in [1.165, 1.54) is 35.0 Å². The first kappa shape index (κ1) is 17.2. The Hall–Kier alpha value is -3.61. The summed E-state index contributed by atoms with van der Waals surface area (Å²) in [5.74, 6) is -0.920. The molecular formula is C16H10F3N5O2. The Morgan fingerprint density at radius 1 is 1.27 bits per heavy atom. The van der Waals surface area contributed by atoms with E-state index in [1.54, 1.807) is 18.2 Å². The molecule has 0 saturated heterocycles. The van der Waals surface area contributed by atoms with Gasteiger partial charge in [-0.05, 0) is 18.2 Å². The second kappa shape index (κ2) is 6.72. The maximum absolute atomic E-state index is 12.6. The fourth-order valence-electron chi connectivity index (χ4n) is 2.25. The molecule has 0 spiro atoms. The number of benzene rings is 1. The van der Waals surface area contributed by atoms with Gasteiger partial charge in [0.1, 0.15) is 12.2 Å². The number of halogens is 3. The Labute approximate surface area is 144 Å². The normalized spacial score (nSPS) is 11.2. The third-order valence-corrected chi connectivity index (χ3v) is 3.25. The Morgan fingerprint density at radius 2 is 2.04 bits per heavy atom. The van der Waals surface area contributed by atoms with Crippen LogP contribution in [0.2, 0.25) is 0 Å². The zero-order chi connectivity index (χ0) is 18.7. The lowest BCUT2D eigenvalue weighted by atomic mass is 10.1. The number of alkyl halides is 3. The molecule has 0 aliphatic rings. The lowest BCUT2D eigenvalue weighted by molar-refractivity contribution is -0.274. The molecule has 2 aromatic heterocycles. The second-order valence-electron chi connectivity index (χ2n) is 5.08. The summed E-state index contributed by atoms with van der Waals surface area (Å²) >= 11 is 0. The third-order valence-electron chi connectivity index (χ3n) is 3.25. The molecule has 2 heterocycles. The van der Waals surface area contributed by atoms with Crippen molar-refractivity contribution in [1.82, 2.24) is 14.6 Å². The molecule has 0 unspecified atom stereocenters. The van der Waals surface area contributed by atoms with Gasteiger partial charge in [0.05, 0.1) is 6.07 Å². The summed E-state index contributed by atoms with van der Waals surface area (Å²) in [4.78, 5) is 15.5. The molecule has 3 aromatic rings. The molecule has 0 aliphatic heterocycles. The molecule has 0 atom stereocenters. The number of para-hydroxylation sites is 1. The van der Waals surface area contributed by atoms with Crippen molar-refractivity contribution < 1.29 is 22.7 Å². The van der Waals surface area contributed by atoms with Gasteiger partial charge >= 0.3 is 6.36 Å². The summed E-state index contributed by atoms with van der Waals surface area (Å²) in [6.45, 7) is 0. The van der Waals surface area contributed by atoms with E-state index in [9.17, 15) is 18.0 Å². The van der Waals surface area contributed by atoms with Crippen molar-refractivity contribution in [2.24, 2.45) is 0 Å². The predicted octanol–water partition coefficient (Wildman–Crippen LogP) is 3.15. The van der Waals surface area contributed by atoms with E-state index in [0.717, 1.165) is 0 Å². The number of nitriles is 1. The summed E-state index contributed by atoms with van der Waals surface area (Å²) in [7, 11) is 0. The fraction of sp³-hybridized carbons (Fsp3) is 0.125. The topological polar surface area (TPSA) is 92.3 Å². The van der Waals surface area contributed by atoms with Gasteiger partial charge in [-0.15, -0.1) is 18.3 Å². The predicted molar refractivity (Wildman–Crippen MR) is 84.0 cm³/mol. The molecule has 1 aromatic carbocycles. The molecule has 0 saturated carbocycles. The number of ether oxygens (including phenoxy) is 1. The SMILES string of the molecule is N#CCC(=O)Nc1nc2ccc(-c3ccccc3OC(F)(F)F)cn2n1. The van der Waals surface area contributed by atoms with Crippen molar-refractivity contribution in [2.45, 2.75) is 12.8 Å². The summed E-state index contributed by atoms with van der Waals surface area (Å²) in [5, 5.41) is 14.9. The number of hydrogen-bond acceptors (Lipinski definition) is 5. The summed E-state index contributed by atoms with van der Waals surface area (Å²) in [5.41, 5.74) is 1.00. The van der Waals surface area contributed by atoms with Crippen molar-refractivity contribution in [1.29, 1.82) is 5.26 Å². The first-order valence-corrected chi connectivity index (χ1v) is 7.24. The molecule has 0 aliphatic carbocycles. The molecule has 1 N–H and O–H groups in total. The number of pyridine rings is 1. The van der Waals surface area contributed by atoms with Gasteiger partial charge in [-0.25, -0.2) is 4.52 Å². The van der Waals surface area contributed by atoms with Gasteiger partial charge in [0.15, 0.2) is 5.65 Å². The van der Waals surface area contributed by atoms with Gasteiger partial charge in [-0.2, -0.15) is 10.2 Å². The van der Waals surface area contributed by atoms with E-state index < -0.39 is 12.3 Å². The van der Waals surface area contributed by atoms with Crippen molar-refractivity contribution in [3.05, 3.63) is 42.6 Å². The number of carbonyl (C=O) groups is 1. The number of anilines is 1. The number of fused-ring (bicyclic) bond motifs is 1. The number of nitrogens with one attached hydrogen (secondary N) is 1. The van der Waals surface area contributed by atoms with Crippen LogP contribution >= 0.6 is 0 Å². The zero-order valence-electron chi connectivity index (χ0n) is 13.0. The summed E-state index contributed by atoms with van der Waals surface area (Å²) in [6, 6.07) is 10.5. The lowest BCUT2D eigenvalue weighted by Gasteiger charge is -2.13. The molecular weight excluding hydrogens is 351 g/mol. The van der Waals surface area contributed by atoms with Gasteiger partial charge in [0, 0.05) is 17.3 Å². The van der Waals surface area contributed by atoms with Crippen LogP contribution in [-0.4, -0.2) is 26.9 Å². The fourth-order valence-corrected chi connectivity index (χ4v) is 2.25. The minimum Gasteiger partial charge on any atom is -0.405 e. The van der Waals surface area contributed by atoms with Crippen LogP contribution in [0, 0.1) is 11.3 Å². The minimum atomic E-state index is -4.81. The van der Waals surface area contributed by atoms with Crippen molar-refractivity contribution >= 4 is 17.5 Å². The first-order chi connectivity index (χ1) is 12.4. The van der Waals surface area contributed by atoms with Gasteiger partial charge < -0.3 is 4.74 Å². The molecule has 26 heavy (non-hydrogen) atoms. The summed E-state index contributed by atoms with van der Waals surface area (Å²) < 4.78 is 43.1. The van der Waals surface area contributed by atoms with Crippen LogP contribution in [-0.2, 0) is 4.79 Å². The third kappa shape index (κ3) is 3.89. The molecule has 0 radical (unpaired) electrons. The lowest BCUT2D eigenvalue weighted by Crippen LogP contribution is -2.17. The molecule has 3 rings (SSSR count). The summed E-state index contributed by atoms with van der Waals surface area (Å²) in [6.07, 6.45) is -3.70. The van der Waals surface area contributed by atoms with E-state index in [4.69, 9.17) is 5.26 Å². The smallest absolute Gasteiger partial charge is 0.405 e. The van der Waals surface area contributed by atoms with Crippen LogP contribution in [0.4, 0.5) is 19.1 Å². The van der Waals surface area contributed by atoms with Crippen LogP contribution in [0.5, 0.6) is 5.75 Å². The Kier molecular flexibility index (Phi) is 4.45. The number of amides is 1. The van der Waals surface area contributed by atoms with Crippen LogP contribution in [0.3, 0.4) is 0 Å². The van der Waals surface area contributed by atoms with E-state index in [2.05, 4.69) is 20.1 Å². The standard InChI is InChI=1S/C16H10F3N5O2/c17-16(18,19)26-12-4-2-1-3-11(12)10-5-6-13-21-15(23-24(13)9-10)22-14(25)7-8-20/h1-6,9H,7H2,(H,22,23,25). The Morgan fingerprint density at radius 3 is 2.77 bits per heavy atom. The highest BCUT2D eigenvalue weighted by Gasteiger charge is 2.32. The number of nitrogens with zero attached hydrogens (tertiary/aromatic N) is 4. The molecule has 1 amide bonds. The van der Waals surface area contributed by atoms with Crippen molar-refractivity contribution in [3.8, 4) is 22.9 Å². The monoisotopic (exact) mass is 361 g/mol. The number of aromatic nitrogens is 3.